The van der Waals surface area contributed by atoms with Crippen molar-refractivity contribution in [3.63, 3.8) is 0 Å². The quantitative estimate of drug-likeness (QED) is 0.741. The Morgan fingerprint density at radius 1 is 1.36 bits per heavy atom. The van der Waals surface area contributed by atoms with Gasteiger partial charge in [-0.25, -0.2) is 0 Å². The molecule has 0 fully saturated rings. The van der Waals surface area contributed by atoms with E-state index in [0.717, 1.165) is 11.7 Å². The van der Waals surface area contributed by atoms with Gasteiger partial charge in [-0.2, -0.15) is 0 Å². The Kier molecular flexibility index (Phi) is 2.23. The summed E-state index contributed by atoms with van der Waals surface area (Å²) in [6.07, 6.45) is 0.753. The van der Waals surface area contributed by atoms with Crippen LogP contribution in [0.25, 0.3) is 10.1 Å². The van der Waals surface area contributed by atoms with Gasteiger partial charge < -0.3 is 10.2 Å². The van der Waals surface area contributed by atoms with Gasteiger partial charge in [-0.15, -0.1) is 11.3 Å². The van der Waals surface area contributed by atoms with E-state index in [1.54, 1.807) is 12.1 Å². The lowest BCUT2D eigenvalue weighted by molar-refractivity contribution is 0.112. The average molecular weight is 208 g/mol. The Balaban J connectivity index is 2.73. The van der Waals surface area contributed by atoms with Gasteiger partial charge in [-0.05, 0) is 29.1 Å². The molecule has 0 bridgehead atoms. The maximum absolute atomic E-state index is 10.5. The maximum Gasteiger partial charge on any atom is 0.160 e. The highest BCUT2D eigenvalue weighted by Gasteiger charge is 2.06. The number of aromatic hydroxyl groups is 1. The number of hydrogen-bond acceptors (Lipinski definition) is 4. The number of thiophene rings is 1. The fraction of sp³-hybridized carbons (Fsp3) is 0.100. The number of aliphatic hydroxyl groups is 1. The molecule has 14 heavy (non-hydrogen) atoms. The third-order valence-electron chi connectivity index (χ3n) is 1.97. The van der Waals surface area contributed by atoms with E-state index >= 15 is 0 Å². The van der Waals surface area contributed by atoms with E-state index in [-0.39, 0.29) is 12.4 Å². The third kappa shape index (κ3) is 1.38. The second-order valence-electron chi connectivity index (χ2n) is 2.96. The first-order chi connectivity index (χ1) is 6.74. The minimum Gasteiger partial charge on any atom is -0.506 e. The lowest BCUT2D eigenvalue weighted by Gasteiger charge is -1.98. The van der Waals surface area contributed by atoms with Gasteiger partial charge in [0, 0.05) is 0 Å². The predicted octanol–water partition coefficient (Wildman–Crippen LogP) is 1.91. The molecule has 1 aromatic carbocycles. The van der Waals surface area contributed by atoms with E-state index in [1.807, 2.05) is 0 Å². The predicted molar refractivity (Wildman–Crippen MR) is 54.8 cm³/mol. The molecule has 0 spiro atoms. The van der Waals surface area contributed by atoms with Gasteiger partial charge in [-0.3, -0.25) is 4.79 Å². The number of benzene rings is 1. The van der Waals surface area contributed by atoms with Crippen LogP contribution in [0.3, 0.4) is 0 Å². The van der Waals surface area contributed by atoms with Gasteiger partial charge in [0.05, 0.1) is 16.2 Å². The van der Waals surface area contributed by atoms with Crippen LogP contribution >= 0.6 is 11.3 Å². The monoisotopic (exact) mass is 208 g/mol. The van der Waals surface area contributed by atoms with Crippen molar-refractivity contribution in [3.8, 4) is 5.75 Å². The Morgan fingerprint density at radius 3 is 2.79 bits per heavy atom. The van der Waals surface area contributed by atoms with Crippen LogP contribution in [0.15, 0.2) is 18.2 Å². The second kappa shape index (κ2) is 3.40. The van der Waals surface area contributed by atoms with Crippen molar-refractivity contribution < 1.29 is 15.0 Å². The Morgan fingerprint density at radius 2 is 2.14 bits per heavy atom. The number of carbonyl (C=O) groups excluding carboxylic acids is 1. The summed E-state index contributed by atoms with van der Waals surface area (Å²) in [7, 11) is 0. The summed E-state index contributed by atoms with van der Waals surface area (Å²) in [4.78, 5) is 11.1. The Hall–Kier alpha value is -1.39. The first-order valence-corrected chi connectivity index (χ1v) is 4.87. The van der Waals surface area contributed by atoms with Gasteiger partial charge in [0.2, 0.25) is 0 Å². The standard InChI is InChI=1S/C10H8O3S/c11-4-6-1-7-3-8(5-12)14-10(7)9(13)2-6/h1-3,5,11,13H,4H2. The molecule has 0 aliphatic heterocycles. The summed E-state index contributed by atoms with van der Waals surface area (Å²) in [6, 6.07) is 4.97. The number of hydrogen-bond donors (Lipinski definition) is 2. The smallest absolute Gasteiger partial charge is 0.160 e. The number of phenolic OH excluding ortho intramolecular Hbond substituents is 1. The van der Waals surface area contributed by atoms with Crippen molar-refractivity contribution >= 4 is 27.7 Å². The van der Waals surface area contributed by atoms with Crippen molar-refractivity contribution in [2.45, 2.75) is 6.61 Å². The molecule has 0 saturated heterocycles. The van der Waals surface area contributed by atoms with Crippen LogP contribution in [0.1, 0.15) is 15.2 Å². The molecule has 0 aliphatic rings. The summed E-state index contributed by atoms with van der Waals surface area (Å²) in [5.74, 6) is 0.115. The van der Waals surface area contributed by atoms with Crippen molar-refractivity contribution in [1.29, 1.82) is 0 Å². The highest BCUT2D eigenvalue weighted by molar-refractivity contribution is 7.20. The van der Waals surface area contributed by atoms with E-state index in [0.29, 0.717) is 15.1 Å². The van der Waals surface area contributed by atoms with E-state index in [2.05, 4.69) is 0 Å². The average Bonchev–Trinajstić information content (AvgIpc) is 2.61. The normalized spacial score (nSPS) is 10.6. The molecule has 0 atom stereocenters. The molecule has 0 radical (unpaired) electrons. The molecule has 1 heterocycles. The Bertz CT molecular complexity index is 487. The summed E-state index contributed by atoms with van der Waals surface area (Å²) in [6.45, 7) is -0.115. The van der Waals surface area contributed by atoms with Gasteiger partial charge >= 0.3 is 0 Å². The minimum atomic E-state index is -0.115. The van der Waals surface area contributed by atoms with Crippen LogP contribution in [0, 0.1) is 0 Å². The lowest BCUT2D eigenvalue weighted by Crippen LogP contribution is -1.81. The van der Waals surface area contributed by atoms with Crippen molar-refractivity contribution in [3.05, 3.63) is 28.6 Å². The molecule has 0 amide bonds. The zero-order valence-electron chi connectivity index (χ0n) is 7.23. The zero-order valence-corrected chi connectivity index (χ0v) is 8.04. The summed E-state index contributed by atoms with van der Waals surface area (Å²) in [5.41, 5.74) is 0.644. The van der Waals surface area contributed by atoms with E-state index < -0.39 is 0 Å². The van der Waals surface area contributed by atoms with Crippen molar-refractivity contribution in [1.82, 2.24) is 0 Å². The largest absolute Gasteiger partial charge is 0.506 e. The van der Waals surface area contributed by atoms with E-state index in [1.165, 1.54) is 17.4 Å². The van der Waals surface area contributed by atoms with Crippen molar-refractivity contribution in [2.24, 2.45) is 0 Å². The highest BCUT2D eigenvalue weighted by atomic mass is 32.1. The number of rotatable bonds is 2. The molecule has 2 N–H and O–H groups in total. The fourth-order valence-corrected chi connectivity index (χ4v) is 2.23. The minimum absolute atomic E-state index is 0.115. The maximum atomic E-state index is 10.5. The first kappa shape index (κ1) is 9.18. The molecule has 4 heteroatoms. The summed E-state index contributed by atoms with van der Waals surface area (Å²) in [5, 5.41) is 19.3. The number of aliphatic hydroxyl groups excluding tert-OH is 1. The molecule has 2 aromatic rings. The molecule has 3 nitrogen and oxygen atoms in total. The number of carbonyl (C=O) groups is 1. The van der Waals surface area contributed by atoms with E-state index in [9.17, 15) is 9.90 Å². The molecule has 0 saturated carbocycles. The van der Waals surface area contributed by atoms with Crippen LogP contribution in [-0.2, 0) is 6.61 Å². The molecule has 0 unspecified atom stereocenters. The van der Waals surface area contributed by atoms with Crippen LogP contribution in [0.4, 0.5) is 0 Å². The van der Waals surface area contributed by atoms with Crippen molar-refractivity contribution in [2.75, 3.05) is 0 Å². The van der Waals surface area contributed by atoms with Gasteiger partial charge in [-0.1, -0.05) is 0 Å². The van der Waals surface area contributed by atoms with E-state index in [4.69, 9.17) is 5.11 Å². The molecular weight excluding hydrogens is 200 g/mol. The molecule has 72 valence electrons. The molecule has 0 aliphatic carbocycles. The van der Waals surface area contributed by atoms with Crippen LogP contribution < -0.4 is 0 Å². The Labute approximate surface area is 84.2 Å². The molecule has 1 aromatic heterocycles. The fourth-order valence-electron chi connectivity index (χ4n) is 1.36. The van der Waals surface area contributed by atoms with Gasteiger partial charge in [0.25, 0.3) is 0 Å². The topological polar surface area (TPSA) is 57.5 Å². The van der Waals surface area contributed by atoms with Gasteiger partial charge in [0.15, 0.2) is 6.29 Å². The number of aldehydes is 1. The molecular formula is C10H8O3S. The highest BCUT2D eigenvalue weighted by Crippen LogP contribution is 2.33. The number of fused-ring (bicyclic) bond motifs is 1. The van der Waals surface area contributed by atoms with Crippen LogP contribution in [0.2, 0.25) is 0 Å². The van der Waals surface area contributed by atoms with Crippen LogP contribution in [-0.4, -0.2) is 16.5 Å². The lowest BCUT2D eigenvalue weighted by atomic mass is 10.1. The summed E-state index contributed by atoms with van der Waals surface area (Å²) >= 11 is 1.24. The zero-order chi connectivity index (χ0) is 10.1. The first-order valence-electron chi connectivity index (χ1n) is 4.06. The second-order valence-corrected chi connectivity index (χ2v) is 4.04. The molecule has 2 rings (SSSR count). The number of phenols is 1. The van der Waals surface area contributed by atoms with Gasteiger partial charge in [0.1, 0.15) is 5.75 Å². The van der Waals surface area contributed by atoms with Crippen LogP contribution in [0.5, 0.6) is 5.75 Å². The third-order valence-corrected chi connectivity index (χ3v) is 3.07. The SMILES string of the molecule is O=Cc1cc2cc(CO)cc(O)c2s1. The summed E-state index contributed by atoms with van der Waals surface area (Å²) < 4.78 is 0.685.